The van der Waals surface area contributed by atoms with E-state index in [0.29, 0.717) is 24.5 Å². The Morgan fingerprint density at radius 3 is 2.65 bits per heavy atom. The van der Waals surface area contributed by atoms with Crippen molar-refractivity contribution in [2.24, 2.45) is 0 Å². The van der Waals surface area contributed by atoms with Crippen molar-refractivity contribution in [2.45, 2.75) is 25.8 Å². The second-order valence-corrected chi connectivity index (χ2v) is 4.76. The molecule has 0 fully saturated rings. The molecule has 0 amide bonds. The quantitative estimate of drug-likeness (QED) is 0.479. The zero-order valence-electron chi connectivity index (χ0n) is 11.6. The maximum absolute atomic E-state index is 12.8. The average Bonchev–Trinajstić information content (AvgIpc) is 2.43. The van der Waals surface area contributed by atoms with Gasteiger partial charge in [-0.3, -0.25) is 4.79 Å². The second-order valence-electron chi connectivity index (χ2n) is 4.35. The zero-order chi connectivity index (χ0) is 15.0. The molecule has 1 aromatic carbocycles. The number of esters is 1. The molecule has 2 N–H and O–H groups in total. The SMILES string of the molecule is COC(=O)CCCNC(=S)N[C@@H](C)c1ccc(F)cc1. The van der Waals surface area contributed by atoms with Gasteiger partial charge in [0.25, 0.3) is 0 Å². The van der Waals surface area contributed by atoms with Crippen molar-refractivity contribution in [3.8, 4) is 0 Å². The number of halogens is 1. The summed E-state index contributed by atoms with van der Waals surface area (Å²) in [5, 5.41) is 6.62. The number of nitrogens with one attached hydrogen (secondary N) is 2. The van der Waals surface area contributed by atoms with Crippen LogP contribution in [0.5, 0.6) is 0 Å². The van der Waals surface area contributed by atoms with E-state index in [1.54, 1.807) is 12.1 Å². The summed E-state index contributed by atoms with van der Waals surface area (Å²) in [6, 6.07) is 6.25. The third-order valence-electron chi connectivity index (χ3n) is 2.79. The molecule has 1 rings (SSSR count). The zero-order valence-corrected chi connectivity index (χ0v) is 12.4. The molecule has 20 heavy (non-hydrogen) atoms. The Kier molecular flexibility index (Phi) is 6.93. The van der Waals surface area contributed by atoms with Crippen molar-refractivity contribution < 1.29 is 13.9 Å². The molecule has 0 aliphatic heterocycles. The topological polar surface area (TPSA) is 50.4 Å². The summed E-state index contributed by atoms with van der Waals surface area (Å²) in [6.45, 7) is 2.53. The minimum atomic E-state index is -0.260. The van der Waals surface area contributed by atoms with E-state index in [1.807, 2.05) is 6.92 Å². The van der Waals surface area contributed by atoms with Gasteiger partial charge in [-0.2, -0.15) is 0 Å². The Balaban J connectivity index is 2.28. The fraction of sp³-hybridized carbons (Fsp3) is 0.429. The van der Waals surface area contributed by atoms with Gasteiger partial charge >= 0.3 is 5.97 Å². The predicted octanol–water partition coefficient (Wildman–Crippen LogP) is 2.30. The van der Waals surface area contributed by atoms with Gasteiger partial charge in [-0.05, 0) is 43.3 Å². The Morgan fingerprint density at radius 1 is 1.40 bits per heavy atom. The van der Waals surface area contributed by atoms with Crippen LogP contribution in [0.4, 0.5) is 4.39 Å². The van der Waals surface area contributed by atoms with Gasteiger partial charge in [0, 0.05) is 13.0 Å². The van der Waals surface area contributed by atoms with Crippen LogP contribution in [0.2, 0.25) is 0 Å². The normalized spacial score (nSPS) is 11.6. The van der Waals surface area contributed by atoms with Crippen LogP contribution in [-0.4, -0.2) is 24.7 Å². The lowest BCUT2D eigenvalue weighted by Crippen LogP contribution is -2.37. The lowest BCUT2D eigenvalue weighted by Gasteiger charge is -2.17. The highest BCUT2D eigenvalue weighted by Gasteiger charge is 2.07. The minimum Gasteiger partial charge on any atom is -0.469 e. The number of hydrogen-bond acceptors (Lipinski definition) is 3. The Morgan fingerprint density at radius 2 is 2.05 bits per heavy atom. The number of benzene rings is 1. The number of methoxy groups -OCH3 is 1. The largest absolute Gasteiger partial charge is 0.469 e. The Hall–Kier alpha value is -1.69. The standard InChI is InChI=1S/C14H19FN2O2S/c1-10(11-5-7-12(15)8-6-11)17-14(20)16-9-3-4-13(18)19-2/h5-8,10H,3-4,9H2,1-2H3,(H2,16,17,20)/t10-/m0/s1. The molecule has 0 radical (unpaired) electrons. The molecule has 0 bridgehead atoms. The van der Waals surface area contributed by atoms with Gasteiger partial charge in [0.15, 0.2) is 5.11 Å². The van der Waals surface area contributed by atoms with Crippen molar-refractivity contribution in [1.82, 2.24) is 10.6 Å². The summed E-state index contributed by atoms with van der Waals surface area (Å²) in [7, 11) is 1.37. The molecule has 4 nitrogen and oxygen atoms in total. The fourth-order valence-electron chi connectivity index (χ4n) is 1.62. The van der Waals surface area contributed by atoms with Crippen LogP contribution in [0.15, 0.2) is 24.3 Å². The van der Waals surface area contributed by atoms with Crippen LogP contribution in [0.3, 0.4) is 0 Å². The molecule has 0 saturated carbocycles. The van der Waals surface area contributed by atoms with Crippen LogP contribution >= 0.6 is 12.2 Å². The number of rotatable bonds is 6. The van der Waals surface area contributed by atoms with Gasteiger partial charge in [0.05, 0.1) is 13.2 Å². The molecule has 6 heteroatoms. The van der Waals surface area contributed by atoms with E-state index in [2.05, 4.69) is 15.4 Å². The highest BCUT2D eigenvalue weighted by Crippen LogP contribution is 2.12. The van der Waals surface area contributed by atoms with Crippen molar-refractivity contribution in [3.05, 3.63) is 35.6 Å². The number of hydrogen-bond donors (Lipinski definition) is 2. The molecule has 0 aliphatic carbocycles. The van der Waals surface area contributed by atoms with Crippen molar-refractivity contribution in [2.75, 3.05) is 13.7 Å². The predicted molar refractivity (Wildman–Crippen MR) is 79.8 cm³/mol. The van der Waals surface area contributed by atoms with Crippen LogP contribution in [0.1, 0.15) is 31.4 Å². The summed E-state index contributed by atoms with van der Waals surface area (Å²) in [4.78, 5) is 10.9. The molecule has 1 aromatic rings. The number of carbonyl (C=O) groups is 1. The first-order valence-electron chi connectivity index (χ1n) is 6.39. The van der Waals surface area contributed by atoms with Gasteiger partial charge in [-0.15, -0.1) is 0 Å². The van der Waals surface area contributed by atoms with Crippen molar-refractivity contribution in [3.63, 3.8) is 0 Å². The number of thiocarbonyl (C=S) groups is 1. The molecular formula is C14H19FN2O2S. The summed E-state index contributed by atoms with van der Waals surface area (Å²) in [6.07, 6.45) is 1.01. The lowest BCUT2D eigenvalue weighted by molar-refractivity contribution is -0.140. The van der Waals surface area contributed by atoms with Crippen LogP contribution in [0, 0.1) is 5.82 Å². The fourth-order valence-corrected chi connectivity index (χ4v) is 1.90. The van der Waals surface area contributed by atoms with Crippen LogP contribution in [-0.2, 0) is 9.53 Å². The van der Waals surface area contributed by atoms with Gasteiger partial charge in [-0.1, -0.05) is 12.1 Å². The summed E-state index contributed by atoms with van der Waals surface area (Å²) in [5.41, 5.74) is 0.949. The number of carbonyl (C=O) groups excluding carboxylic acids is 1. The Bertz CT molecular complexity index is 451. The smallest absolute Gasteiger partial charge is 0.305 e. The molecule has 0 heterocycles. The molecule has 0 saturated heterocycles. The number of ether oxygens (including phenoxy) is 1. The molecule has 0 aromatic heterocycles. The van der Waals surface area contributed by atoms with Crippen LogP contribution < -0.4 is 10.6 Å². The summed E-state index contributed by atoms with van der Waals surface area (Å²) < 4.78 is 17.4. The third kappa shape index (κ3) is 5.97. The Labute approximate surface area is 123 Å². The molecular weight excluding hydrogens is 279 g/mol. The lowest BCUT2D eigenvalue weighted by atomic mass is 10.1. The minimum absolute atomic E-state index is 0.0174. The monoisotopic (exact) mass is 298 g/mol. The highest BCUT2D eigenvalue weighted by atomic mass is 32.1. The van der Waals surface area contributed by atoms with Gasteiger partial charge in [-0.25, -0.2) is 4.39 Å². The van der Waals surface area contributed by atoms with E-state index < -0.39 is 0 Å². The first kappa shape index (κ1) is 16.4. The first-order chi connectivity index (χ1) is 9.52. The summed E-state index contributed by atoms with van der Waals surface area (Å²) in [5.74, 6) is -0.491. The first-order valence-corrected chi connectivity index (χ1v) is 6.80. The summed E-state index contributed by atoms with van der Waals surface area (Å²) >= 11 is 5.15. The van der Waals surface area contributed by atoms with E-state index >= 15 is 0 Å². The van der Waals surface area contributed by atoms with Gasteiger partial charge in [0.1, 0.15) is 5.82 Å². The van der Waals surface area contributed by atoms with E-state index in [9.17, 15) is 9.18 Å². The second kappa shape index (κ2) is 8.47. The molecule has 1 atom stereocenters. The maximum Gasteiger partial charge on any atom is 0.305 e. The van der Waals surface area contributed by atoms with Crippen LogP contribution in [0.25, 0.3) is 0 Å². The van der Waals surface area contributed by atoms with E-state index in [-0.39, 0.29) is 17.8 Å². The molecule has 0 spiro atoms. The molecule has 110 valence electrons. The van der Waals surface area contributed by atoms with Gasteiger partial charge < -0.3 is 15.4 Å². The van der Waals surface area contributed by atoms with Crippen molar-refractivity contribution in [1.29, 1.82) is 0 Å². The molecule has 0 aliphatic rings. The third-order valence-corrected chi connectivity index (χ3v) is 3.05. The van der Waals surface area contributed by atoms with E-state index in [4.69, 9.17) is 12.2 Å². The maximum atomic E-state index is 12.8. The average molecular weight is 298 g/mol. The van der Waals surface area contributed by atoms with E-state index in [1.165, 1.54) is 19.2 Å². The van der Waals surface area contributed by atoms with Gasteiger partial charge in [0.2, 0.25) is 0 Å². The van der Waals surface area contributed by atoms with E-state index in [0.717, 1.165) is 5.56 Å². The molecule has 0 unspecified atom stereocenters. The highest BCUT2D eigenvalue weighted by molar-refractivity contribution is 7.80. The van der Waals surface area contributed by atoms with Crippen molar-refractivity contribution >= 4 is 23.3 Å².